The third-order valence-corrected chi connectivity index (χ3v) is 7.31. The van der Waals surface area contributed by atoms with Crippen molar-refractivity contribution < 1.29 is 4.74 Å². The van der Waals surface area contributed by atoms with Crippen LogP contribution < -0.4 is 15.0 Å². The Balaban J connectivity index is 1.41. The smallest absolute Gasteiger partial charge is 0.174 e. The van der Waals surface area contributed by atoms with E-state index in [4.69, 9.17) is 21.9 Å². The lowest BCUT2D eigenvalue weighted by molar-refractivity contribution is 0.479. The second-order valence-electron chi connectivity index (χ2n) is 9.45. The van der Waals surface area contributed by atoms with Crippen molar-refractivity contribution in [2.75, 3.05) is 4.90 Å². The SMILES string of the molecule is Cc1ccccc1Oc1ccc(N2C(=S)N[C@H](c3ccccn3)[C@@H]2c2cccn2-c2ccccc2C)cc1. The van der Waals surface area contributed by atoms with Gasteiger partial charge in [0.05, 0.1) is 11.7 Å². The van der Waals surface area contributed by atoms with Gasteiger partial charge in [0, 0.05) is 29.5 Å². The molecular formula is C32H28N4OS. The van der Waals surface area contributed by atoms with Gasteiger partial charge < -0.3 is 19.5 Å². The molecule has 38 heavy (non-hydrogen) atoms. The normalized spacial score (nSPS) is 16.9. The quantitative estimate of drug-likeness (QED) is 0.237. The topological polar surface area (TPSA) is 42.3 Å². The standard InChI is InChI=1S/C32H28N4OS/c1-22-10-3-5-13-27(22)35-21-9-14-28(35)31-30(26-12-7-8-20-33-26)34-32(38)36(31)24-16-18-25(19-17-24)37-29-15-6-4-11-23(29)2/h3-21,30-31H,1-2H3,(H,34,38)/t30-,31+/m1/s1. The molecule has 5 nitrogen and oxygen atoms in total. The van der Waals surface area contributed by atoms with Crippen molar-refractivity contribution in [2.45, 2.75) is 25.9 Å². The molecule has 1 aliphatic rings. The summed E-state index contributed by atoms with van der Waals surface area (Å²) in [5, 5.41) is 4.23. The molecule has 0 bridgehead atoms. The molecule has 2 atom stereocenters. The van der Waals surface area contributed by atoms with Crippen molar-refractivity contribution in [1.82, 2.24) is 14.9 Å². The molecule has 188 valence electrons. The molecule has 1 fully saturated rings. The molecule has 6 heteroatoms. The first-order valence-electron chi connectivity index (χ1n) is 12.7. The van der Waals surface area contributed by atoms with Gasteiger partial charge in [0.1, 0.15) is 17.5 Å². The summed E-state index contributed by atoms with van der Waals surface area (Å²) in [4.78, 5) is 6.89. The van der Waals surface area contributed by atoms with Gasteiger partial charge in [-0.3, -0.25) is 4.98 Å². The zero-order chi connectivity index (χ0) is 26.1. The summed E-state index contributed by atoms with van der Waals surface area (Å²) in [6, 6.07) is 34.6. The first-order chi connectivity index (χ1) is 18.6. The highest BCUT2D eigenvalue weighted by Crippen LogP contribution is 2.43. The van der Waals surface area contributed by atoms with Crippen molar-refractivity contribution in [3.63, 3.8) is 0 Å². The van der Waals surface area contributed by atoms with Crippen LogP contribution in [0.4, 0.5) is 5.69 Å². The third-order valence-electron chi connectivity index (χ3n) is 6.99. The van der Waals surface area contributed by atoms with Gasteiger partial charge in [0.25, 0.3) is 0 Å². The molecule has 0 aliphatic carbocycles. The highest BCUT2D eigenvalue weighted by Gasteiger charge is 2.42. The Morgan fingerprint density at radius 2 is 1.53 bits per heavy atom. The zero-order valence-electron chi connectivity index (χ0n) is 21.3. The third kappa shape index (κ3) is 4.44. The molecule has 0 radical (unpaired) electrons. The number of para-hydroxylation sites is 2. The number of ether oxygens (including phenoxy) is 1. The number of aryl methyl sites for hydroxylation is 2. The summed E-state index contributed by atoms with van der Waals surface area (Å²) in [6.07, 6.45) is 3.95. The Morgan fingerprint density at radius 1 is 0.789 bits per heavy atom. The summed E-state index contributed by atoms with van der Waals surface area (Å²) >= 11 is 5.94. The zero-order valence-corrected chi connectivity index (χ0v) is 22.1. The van der Waals surface area contributed by atoms with Crippen molar-refractivity contribution in [2.24, 2.45) is 0 Å². The average Bonchev–Trinajstić information content (AvgIpc) is 3.55. The average molecular weight is 517 g/mol. The molecule has 0 amide bonds. The molecular weight excluding hydrogens is 488 g/mol. The fraction of sp³-hybridized carbons (Fsp3) is 0.125. The molecule has 0 saturated carbocycles. The number of pyridine rings is 1. The van der Waals surface area contributed by atoms with E-state index in [1.54, 1.807) is 0 Å². The van der Waals surface area contributed by atoms with Gasteiger partial charge >= 0.3 is 0 Å². The first kappa shape index (κ1) is 23.9. The molecule has 6 rings (SSSR count). The second-order valence-corrected chi connectivity index (χ2v) is 9.83. The van der Waals surface area contributed by atoms with Crippen LogP contribution in [0.3, 0.4) is 0 Å². The minimum absolute atomic E-state index is 0.116. The Morgan fingerprint density at radius 3 is 2.26 bits per heavy atom. The van der Waals surface area contributed by atoms with Gasteiger partial charge in [-0.05, 0) is 97.9 Å². The maximum atomic E-state index is 6.15. The van der Waals surface area contributed by atoms with E-state index in [1.165, 1.54) is 5.56 Å². The van der Waals surface area contributed by atoms with Crippen LogP contribution in [0.15, 0.2) is 116 Å². The Labute approximate surface area is 228 Å². The van der Waals surface area contributed by atoms with Crippen molar-refractivity contribution >= 4 is 23.0 Å². The van der Waals surface area contributed by atoms with E-state index in [1.807, 2.05) is 61.7 Å². The largest absolute Gasteiger partial charge is 0.457 e. The molecule has 3 heterocycles. The van der Waals surface area contributed by atoms with E-state index < -0.39 is 0 Å². The summed E-state index contributed by atoms with van der Waals surface area (Å²) in [5.74, 6) is 1.63. The summed E-state index contributed by atoms with van der Waals surface area (Å²) in [5.41, 5.74) is 6.50. The van der Waals surface area contributed by atoms with Crippen molar-refractivity contribution in [1.29, 1.82) is 0 Å². The van der Waals surface area contributed by atoms with Gasteiger partial charge in [0.15, 0.2) is 5.11 Å². The maximum Gasteiger partial charge on any atom is 0.174 e. The van der Waals surface area contributed by atoms with E-state index in [-0.39, 0.29) is 12.1 Å². The molecule has 1 saturated heterocycles. The van der Waals surface area contributed by atoms with Gasteiger partial charge in [-0.25, -0.2) is 0 Å². The van der Waals surface area contributed by atoms with Crippen LogP contribution in [0.25, 0.3) is 5.69 Å². The van der Waals surface area contributed by atoms with E-state index in [2.05, 4.69) is 82.5 Å². The molecule has 1 N–H and O–H groups in total. The Bertz CT molecular complexity index is 1580. The van der Waals surface area contributed by atoms with Gasteiger partial charge in [-0.2, -0.15) is 0 Å². The molecule has 1 aliphatic heterocycles. The molecule has 0 spiro atoms. The monoisotopic (exact) mass is 516 g/mol. The predicted octanol–water partition coefficient (Wildman–Crippen LogP) is 7.46. The van der Waals surface area contributed by atoms with Gasteiger partial charge in [0.2, 0.25) is 0 Å². The highest BCUT2D eigenvalue weighted by atomic mass is 32.1. The lowest BCUT2D eigenvalue weighted by Crippen LogP contribution is -2.30. The number of benzene rings is 3. The fourth-order valence-corrected chi connectivity index (χ4v) is 5.44. The number of rotatable bonds is 6. The van der Waals surface area contributed by atoms with Crippen LogP contribution in [0.1, 0.15) is 34.6 Å². The lowest BCUT2D eigenvalue weighted by atomic mass is 10.0. The van der Waals surface area contributed by atoms with Crippen molar-refractivity contribution in [3.8, 4) is 17.2 Å². The van der Waals surface area contributed by atoms with E-state index in [0.717, 1.165) is 39.8 Å². The van der Waals surface area contributed by atoms with Crippen LogP contribution in [-0.4, -0.2) is 14.7 Å². The van der Waals surface area contributed by atoms with Crippen LogP contribution in [0.5, 0.6) is 11.5 Å². The number of nitrogens with zero attached hydrogens (tertiary/aromatic N) is 3. The molecule has 0 unspecified atom stereocenters. The minimum Gasteiger partial charge on any atom is -0.457 e. The maximum absolute atomic E-state index is 6.15. The number of anilines is 1. The molecule has 2 aromatic heterocycles. The van der Waals surface area contributed by atoms with E-state index in [0.29, 0.717) is 5.11 Å². The Kier molecular flexibility index (Phi) is 6.40. The summed E-state index contributed by atoms with van der Waals surface area (Å²) < 4.78 is 8.41. The van der Waals surface area contributed by atoms with E-state index in [9.17, 15) is 0 Å². The fourth-order valence-electron chi connectivity index (χ4n) is 5.09. The number of thiocarbonyl (C=S) groups is 1. The summed E-state index contributed by atoms with van der Waals surface area (Å²) in [7, 11) is 0. The van der Waals surface area contributed by atoms with Crippen LogP contribution in [0, 0.1) is 13.8 Å². The highest BCUT2D eigenvalue weighted by molar-refractivity contribution is 7.80. The number of nitrogens with one attached hydrogen (secondary N) is 1. The lowest BCUT2D eigenvalue weighted by Gasteiger charge is -2.29. The van der Waals surface area contributed by atoms with Gasteiger partial charge in [-0.1, -0.05) is 42.5 Å². The molecule has 5 aromatic rings. The van der Waals surface area contributed by atoms with E-state index >= 15 is 0 Å². The summed E-state index contributed by atoms with van der Waals surface area (Å²) in [6.45, 7) is 4.18. The van der Waals surface area contributed by atoms with Crippen LogP contribution in [0.2, 0.25) is 0 Å². The number of hydrogen-bond donors (Lipinski definition) is 1. The van der Waals surface area contributed by atoms with Crippen LogP contribution >= 0.6 is 12.2 Å². The minimum atomic E-state index is -0.121. The second kappa shape index (κ2) is 10.1. The predicted molar refractivity (Wildman–Crippen MR) is 156 cm³/mol. The molecule has 3 aromatic carbocycles. The van der Waals surface area contributed by atoms with Gasteiger partial charge in [-0.15, -0.1) is 0 Å². The van der Waals surface area contributed by atoms with Crippen LogP contribution in [-0.2, 0) is 0 Å². The van der Waals surface area contributed by atoms with Crippen molar-refractivity contribution in [3.05, 3.63) is 138 Å². The number of aromatic nitrogens is 2. The number of hydrogen-bond acceptors (Lipinski definition) is 3. The Hall–Kier alpha value is -4.42. The first-order valence-corrected chi connectivity index (χ1v) is 13.1.